The summed E-state index contributed by atoms with van der Waals surface area (Å²) in [5, 5.41) is 6.87. The van der Waals surface area contributed by atoms with Crippen LogP contribution in [0, 0.1) is 11.3 Å². The molecule has 0 radical (unpaired) electrons. The van der Waals surface area contributed by atoms with Gasteiger partial charge in [0.15, 0.2) is 5.96 Å². The van der Waals surface area contributed by atoms with E-state index < -0.39 is 0 Å². The van der Waals surface area contributed by atoms with E-state index in [0.717, 1.165) is 38.5 Å². The second-order valence-corrected chi connectivity index (χ2v) is 8.27. The van der Waals surface area contributed by atoms with Crippen molar-refractivity contribution in [1.29, 1.82) is 0 Å². The number of aliphatic imine (C=N–C) groups is 1. The zero-order chi connectivity index (χ0) is 18.3. The molecule has 0 aromatic heterocycles. The van der Waals surface area contributed by atoms with Crippen molar-refractivity contribution >= 4 is 11.9 Å². The van der Waals surface area contributed by atoms with Crippen LogP contribution in [0.3, 0.4) is 0 Å². The van der Waals surface area contributed by atoms with Crippen LogP contribution in [-0.4, -0.2) is 63.2 Å². The molecule has 0 aromatic carbocycles. The van der Waals surface area contributed by atoms with Crippen LogP contribution in [0.2, 0.25) is 0 Å². The smallest absolute Gasteiger partial charge is 0.243 e. The molecular formula is C19H36N4O2. The highest BCUT2D eigenvalue weighted by Crippen LogP contribution is 2.45. The van der Waals surface area contributed by atoms with Crippen molar-refractivity contribution in [3.8, 4) is 0 Å². The van der Waals surface area contributed by atoms with Crippen molar-refractivity contribution in [2.45, 2.75) is 58.5 Å². The quantitative estimate of drug-likeness (QED) is 0.518. The fourth-order valence-electron chi connectivity index (χ4n) is 3.75. The third-order valence-electron chi connectivity index (χ3n) is 5.28. The van der Waals surface area contributed by atoms with Crippen molar-refractivity contribution in [1.82, 2.24) is 15.5 Å². The van der Waals surface area contributed by atoms with E-state index in [2.05, 4.69) is 29.5 Å². The molecule has 1 aliphatic carbocycles. The number of ether oxygens (including phenoxy) is 1. The summed E-state index contributed by atoms with van der Waals surface area (Å²) in [4.78, 5) is 17.9. The molecule has 1 heterocycles. The number of nitrogens with one attached hydrogen (secondary N) is 2. The first kappa shape index (κ1) is 20.0. The van der Waals surface area contributed by atoms with E-state index >= 15 is 0 Å². The molecule has 1 saturated carbocycles. The van der Waals surface area contributed by atoms with Crippen LogP contribution in [0.15, 0.2) is 4.99 Å². The molecule has 0 aromatic rings. The Hall–Kier alpha value is -1.30. The van der Waals surface area contributed by atoms with Gasteiger partial charge in [-0.1, -0.05) is 20.3 Å². The number of carbonyl (C=O) groups excluding carboxylic acids is 1. The summed E-state index contributed by atoms with van der Waals surface area (Å²) in [5.41, 5.74) is 0.395. The summed E-state index contributed by atoms with van der Waals surface area (Å²) >= 11 is 0. The second kappa shape index (κ2) is 9.41. The van der Waals surface area contributed by atoms with Crippen LogP contribution in [-0.2, 0) is 9.53 Å². The van der Waals surface area contributed by atoms with Gasteiger partial charge in [0.2, 0.25) is 5.91 Å². The third kappa shape index (κ3) is 6.49. The second-order valence-electron chi connectivity index (χ2n) is 8.27. The molecule has 2 fully saturated rings. The molecule has 6 heteroatoms. The third-order valence-corrected chi connectivity index (χ3v) is 5.28. The highest BCUT2D eigenvalue weighted by molar-refractivity contribution is 5.84. The van der Waals surface area contributed by atoms with Crippen LogP contribution >= 0.6 is 0 Å². The zero-order valence-corrected chi connectivity index (χ0v) is 16.4. The van der Waals surface area contributed by atoms with E-state index in [1.165, 1.54) is 25.7 Å². The monoisotopic (exact) mass is 352 g/mol. The van der Waals surface area contributed by atoms with Gasteiger partial charge >= 0.3 is 0 Å². The van der Waals surface area contributed by atoms with Crippen molar-refractivity contribution in [3.05, 3.63) is 0 Å². The summed E-state index contributed by atoms with van der Waals surface area (Å²) in [6, 6.07) is 0. The summed E-state index contributed by atoms with van der Waals surface area (Å²) < 4.78 is 5.68. The molecule has 0 spiro atoms. The van der Waals surface area contributed by atoms with Gasteiger partial charge in [-0.3, -0.25) is 4.79 Å². The lowest BCUT2D eigenvalue weighted by molar-refractivity contribution is -0.127. The average Bonchev–Trinajstić information content (AvgIpc) is 3.03. The molecular weight excluding hydrogens is 316 g/mol. The maximum absolute atomic E-state index is 11.9. The van der Waals surface area contributed by atoms with Gasteiger partial charge in [0.05, 0.1) is 6.10 Å². The Morgan fingerprint density at radius 2 is 2.04 bits per heavy atom. The highest BCUT2D eigenvalue weighted by Gasteiger charge is 2.37. The number of rotatable bonds is 8. The van der Waals surface area contributed by atoms with Crippen LogP contribution in [0.5, 0.6) is 0 Å². The van der Waals surface area contributed by atoms with E-state index in [-0.39, 0.29) is 18.6 Å². The van der Waals surface area contributed by atoms with Crippen LogP contribution in [0.1, 0.15) is 52.4 Å². The summed E-state index contributed by atoms with van der Waals surface area (Å²) in [6.07, 6.45) is 7.61. The Morgan fingerprint density at radius 1 is 1.28 bits per heavy atom. The predicted octanol–water partition coefficient (Wildman–Crippen LogP) is 2.01. The Kier molecular flexibility index (Phi) is 7.54. The normalized spacial score (nSPS) is 22.6. The number of hydrogen-bond acceptors (Lipinski definition) is 3. The number of hydrogen-bond donors (Lipinski definition) is 2. The Bertz CT molecular complexity index is 452. The number of nitrogens with zero attached hydrogens (tertiary/aromatic N) is 2. The maximum atomic E-state index is 11.9. The zero-order valence-electron chi connectivity index (χ0n) is 16.4. The van der Waals surface area contributed by atoms with Crippen LogP contribution in [0.25, 0.3) is 0 Å². The maximum Gasteiger partial charge on any atom is 0.243 e. The summed E-state index contributed by atoms with van der Waals surface area (Å²) in [6.45, 7) is 7.28. The van der Waals surface area contributed by atoms with Gasteiger partial charge in [0.1, 0.15) is 6.54 Å². The molecule has 6 nitrogen and oxygen atoms in total. The van der Waals surface area contributed by atoms with E-state index in [1.54, 1.807) is 19.0 Å². The van der Waals surface area contributed by atoms with Gasteiger partial charge < -0.3 is 20.3 Å². The number of amides is 1. The molecule has 2 rings (SSSR count). The lowest BCUT2D eigenvalue weighted by atomic mass is 9.64. The predicted molar refractivity (Wildman–Crippen MR) is 102 cm³/mol. The van der Waals surface area contributed by atoms with E-state index in [1.807, 2.05) is 0 Å². The molecule has 0 bridgehead atoms. The van der Waals surface area contributed by atoms with Crippen LogP contribution in [0.4, 0.5) is 0 Å². The first-order valence-electron chi connectivity index (χ1n) is 9.74. The lowest BCUT2D eigenvalue weighted by Gasteiger charge is -2.43. The van der Waals surface area contributed by atoms with Crippen molar-refractivity contribution in [2.24, 2.45) is 16.3 Å². The largest absolute Gasteiger partial charge is 0.376 e. The van der Waals surface area contributed by atoms with E-state index in [9.17, 15) is 4.79 Å². The van der Waals surface area contributed by atoms with Crippen LogP contribution < -0.4 is 10.6 Å². The molecule has 1 aliphatic heterocycles. The van der Waals surface area contributed by atoms with Gasteiger partial charge in [0, 0.05) is 33.8 Å². The van der Waals surface area contributed by atoms with Gasteiger partial charge in [0.25, 0.3) is 0 Å². The van der Waals surface area contributed by atoms with Crippen molar-refractivity contribution in [3.63, 3.8) is 0 Å². The Morgan fingerprint density at radius 3 is 2.56 bits per heavy atom. The van der Waals surface area contributed by atoms with Gasteiger partial charge in [-0.15, -0.1) is 0 Å². The van der Waals surface area contributed by atoms with Gasteiger partial charge in [-0.05, 0) is 43.4 Å². The van der Waals surface area contributed by atoms with Crippen molar-refractivity contribution in [2.75, 3.05) is 40.3 Å². The minimum Gasteiger partial charge on any atom is -0.376 e. The fourth-order valence-corrected chi connectivity index (χ4v) is 3.75. The first-order chi connectivity index (χ1) is 11.9. The number of carbonyl (C=O) groups is 1. The standard InChI is InChI=1S/C19H36N4O2/c1-15(2)11-19(8-6-9-19)14-22-18(21-13-17(24)23(3)4)20-12-16-7-5-10-25-16/h15-16H,5-14H2,1-4H3,(H2,20,21,22). The molecule has 25 heavy (non-hydrogen) atoms. The molecule has 1 amide bonds. The fraction of sp³-hybridized carbons (Fsp3) is 0.895. The summed E-state index contributed by atoms with van der Waals surface area (Å²) in [7, 11) is 3.52. The minimum atomic E-state index is 0.0127. The Labute approximate surface area is 152 Å². The SMILES string of the molecule is CC(C)CC1(CNC(=NCC(=O)N(C)C)NCC2CCCO2)CCC1. The highest BCUT2D eigenvalue weighted by atomic mass is 16.5. The number of likely N-dealkylation sites (N-methyl/N-ethyl adjacent to an activating group) is 1. The summed E-state index contributed by atoms with van der Waals surface area (Å²) in [5.74, 6) is 1.46. The molecule has 2 aliphatic rings. The average molecular weight is 353 g/mol. The molecule has 1 atom stereocenters. The Balaban J connectivity index is 1.90. The van der Waals surface area contributed by atoms with Gasteiger partial charge in [-0.2, -0.15) is 0 Å². The molecule has 1 saturated heterocycles. The minimum absolute atomic E-state index is 0.0127. The van der Waals surface area contributed by atoms with E-state index in [4.69, 9.17) is 4.74 Å². The molecule has 144 valence electrons. The first-order valence-corrected chi connectivity index (χ1v) is 9.74. The van der Waals surface area contributed by atoms with Gasteiger partial charge in [-0.25, -0.2) is 4.99 Å². The lowest BCUT2D eigenvalue weighted by Crippen LogP contribution is -2.48. The van der Waals surface area contributed by atoms with E-state index in [0.29, 0.717) is 11.3 Å². The topological polar surface area (TPSA) is 66.0 Å². The number of guanidine groups is 1. The molecule has 2 N–H and O–H groups in total. The molecule has 1 unspecified atom stereocenters. The van der Waals surface area contributed by atoms with Crippen molar-refractivity contribution < 1.29 is 9.53 Å².